The summed E-state index contributed by atoms with van der Waals surface area (Å²) < 4.78 is 0. The number of rotatable bonds is 4. The Hall–Kier alpha value is -2.93. The minimum atomic E-state index is -0.392. The number of likely N-dealkylation sites (N-methyl/N-ethyl adjacent to an activating group) is 1. The van der Waals surface area contributed by atoms with Gasteiger partial charge in [0.25, 0.3) is 0 Å². The van der Waals surface area contributed by atoms with Crippen molar-refractivity contribution in [2.75, 3.05) is 13.6 Å². The average molecular weight is 336 g/mol. The lowest BCUT2D eigenvalue weighted by Crippen LogP contribution is -2.42. The molecule has 0 radical (unpaired) electrons. The minimum absolute atomic E-state index is 0.00362. The Morgan fingerprint density at radius 3 is 3.00 bits per heavy atom. The lowest BCUT2D eigenvalue weighted by molar-refractivity contribution is -0.133. The Bertz CT molecular complexity index is 869. The van der Waals surface area contributed by atoms with E-state index in [1.807, 2.05) is 36.4 Å². The van der Waals surface area contributed by atoms with Gasteiger partial charge in [-0.1, -0.05) is 30.3 Å². The number of aromatic nitrogens is 4. The molecule has 7 heteroatoms. The molecule has 25 heavy (non-hydrogen) atoms. The third kappa shape index (κ3) is 3.06. The van der Waals surface area contributed by atoms with Crippen LogP contribution in [-0.2, 0) is 17.8 Å². The van der Waals surface area contributed by atoms with Gasteiger partial charge in [-0.2, -0.15) is 5.10 Å². The second-order valence-electron chi connectivity index (χ2n) is 6.24. The topological polar surface area (TPSA) is 89.7 Å². The molecule has 0 saturated heterocycles. The molecule has 3 N–H and O–H groups in total. The predicted molar refractivity (Wildman–Crippen MR) is 93.5 cm³/mol. The number of benzene rings is 1. The summed E-state index contributed by atoms with van der Waals surface area (Å²) in [7, 11) is 1.80. The van der Waals surface area contributed by atoms with Gasteiger partial charge in [-0.3, -0.25) is 9.89 Å². The van der Waals surface area contributed by atoms with Crippen LogP contribution >= 0.6 is 0 Å². The van der Waals surface area contributed by atoms with E-state index in [1.54, 1.807) is 18.3 Å². The zero-order valence-electron chi connectivity index (χ0n) is 14.0. The Balaban J connectivity index is 1.47. The zero-order valence-corrected chi connectivity index (χ0v) is 14.0. The summed E-state index contributed by atoms with van der Waals surface area (Å²) in [4.78, 5) is 21.9. The van der Waals surface area contributed by atoms with Crippen molar-refractivity contribution in [2.45, 2.75) is 19.0 Å². The molecule has 1 amide bonds. The first-order valence-electron chi connectivity index (χ1n) is 8.32. The number of carbonyl (C=O) groups excluding carboxylic acids is 1. The molecule has 2 aromatic heterocycles. The van der Waals surface area contributed by atoms with Gasteiger partial charge in [0.2, 0.25) is 5.91 Å². The molecule has 0 bridgehead atoms. The number of carbonyl (C=O) groups is 1. The van der Waals surface area contributed by atoms with E-state index in [-0.39, 0.29) is 5.91 Å². The second-order valence-corrected chi connectivity index (χ2v) is 6.24. The first-order chi connectivity index (χ1) is 12.2. The molecule has 0 fully saturated rings. The highest BCUT2D eigenvalue weighted by atomic mass is 16.2. The fraction of sp³-hybridized carbons (Fsp3) is 0.278. The molecule has 1 aliphatic heterocycles. The summed E-state index contributed by atoms with van der Waals surface area (Å²) in [6.45, 7) is 1.23. The third-order valence-corrected chi connectivity index (χ3v) is 4.48. The summed E-state index contributed by atoms with van der Waals surface area (Å²) in [5, 5.41) is 10.6. The van der Waals surface area contributed by atoms with Crippen LogP contribution < -0.4 is 5.32 Å². The summed E-state index contributed by atoms with van der Waals surface area (Å²) in [6.07, 6.45) is 2.52. The average Bonchev–Trinajstić information content (AvgIpc) is 3.30. The van der Waals surface area contributed by atoms with Crippen LogP contribution in [0.3, 0.4) is 0 Å². The standard InChI is InChI=1S/C18H20N6O/c1-24(18(25)17-16-14(7-8-19-17)20-11-21-16)10-13-9-15(23-22-13)12-5-3-2-4-6-12/h2-6,9,11,17,19H,7-8,10H2,1H3,(H,20,21)(H,22,23)/t17-/m0/s1. The van der Waals surface area contributed by atoms with Crippen molar-refractivity contribution in [3.63, 3.8) is 0 Å². The van der Waals surface area contributed by atoms with Gasteiger partial charge in [-0.05, 0) is 6.07 Å². The van der Waals surface area contributed by atoms with E-state index in [2.05, 4.69) is 25.5 Å². The van der Waals surface area contributed by atoms with Crippen molar-refractivity contribution in [3.05, 3.63) is 59.8 Å². The van der Waals surface area contributed by atoms with Gasteiger partial charge in [-0.25, -0.2) is 4.98 Å². The molecule has 0 saturated carbocycles. The first-order valence-corrected chi connectivity index (χ1v) is 8.32. The molecule has 0 aliphatic carbocycles. The largest absolute Gasteiger partial charge is 0.348 e. The van der Waals surface area contributed by atoms with Gasteiger partial charge in [0.1, 0.15) is 6.04 Å². The smallest absolute Gasteiger partial charge is 0.246 e. The molecule has 1 atom stereocenters. The number of amides is 1. The highest BCUT2D eigenvalue weighted by molar-refractivity contribution is 5.83. The lowest BCUT2D eigenvalue weighted by Gasteiger charge is -2.26. The molecular formula is C18H20N6O. The van der Waals surface area contributed by atoms with Crippen molar-refractivity contribution < 1.29 is 4.79 Å². The van der Waals surface area contributed by atoms with E-state index in [0.717, 1.165) is 41.3 Å². The fourth-order valence-corrected chi connectivity index (χ4v) is 3.18. The summed E-state index contributed by atoms with van der Waals surface area (Å²) in [5.41, 5.74) is 4.67. The molecule has 1 aromatic carbocycles. The highest BCUT2D eigenvalue weighted by Gasteiger charge is 2.30. The van der Waals surface area contributed by atoms with E-state index < -0.39 is 6.04 Å². The molecular weight excluding hydrogens is 316 g/mol. The van der Waals surface area contributed by atoms with Gasteiger partial charge in [0, 0.05) is 31.3 Å². The van der Waals surface area contributed by atoms with Crippen LogP contribution in [0.1, 0.15) is 23.1 Å². The number of H-pyrrole nitrogens is 2. The maximum absolute atomic E-state index is 12.8. The number of hydrogen-bond donors (Lipinski definition) is 3. The van der Waals surface area contributed by atoms with Gasteiger partial charge >= 0.3 is 0 Å². The van der Waals surface area contributed by atoms with Crippen molar-refractivity contribution in [3.8, 4) is 11.3 Å². The first kappa shape index (κ1) is 15.6. The highest BCUT2D eigenvalue weighted by Crippen LogP contribution is 2.22. The van der Waals surface area contributed by atoms with Crippen LogP contribution in [0, 0.1) is 0 Å². The number of aromatic amines is 2. The SMILES string of the molecule is CN(Cc1cc(-c2ccccc2)n[nH]1)C(=O)[C@H]1NCCc2[nH]cnc21. The fourth-order valence-electron chi connectivity index (χ4n) is 3.18. The second kappa shape index (κ2) is 6.52. The normalized spacial score (nSPS) is 16.4. The summed E-state index contributed by atoms with van der Waals surface area (Å²) in [6, 6.07) is 11.6. The van der Waals surface area contributed by atoms with Gasteiger partial charge < -0.3 is 15.2 Å². The van der Waals surface area contributed by atoms with Crippen molar-refractivity contribution in [2.24, 2.45) is 0 Å². The van der Waals surface area contributed by atoms with Crippen LogP contribution in [-0.4, -0.2) is 44.6 Å². The van der Waals surface area contributed by atoms with Crippen LogP contribution in [0.2, 0.25) is 0 Å². The van der Waals surface area contributed by atoms with Crippen molar-refractivity contribution in [1.29, 1.82) is 0 Å². The van der Waals surface area contributed by atoms with Crippen molar-refractivity contribution in [1.82, 2.24) is 30.4 Å². The van der Waals surface area contributed by atoms with Crippen molar-refractivity contribution >= 4 is 5.91 Å². The van der Waals surface area contributed by atoms with Crippen LogP contribution in [0.5, 0.6) is 0 Å². The maximum Gasteiger partial charge on any atom is 0.246 e. The molecule has 7 nitrogen and oxygen atoms in total. The van der Waals surface area contributed by atoms with Crippen LogP contribution in [0.4, 0.5) is 0 Å². The van der Waals surface area contributed by atoms with E-state index in [9.17, 15) is 4.79 Å². The summed E-state index contributed by atoms with van der Waals surface area (Å²) >= 11 is 0. The third-order valence-electron chi connectivity index (χ3n) is 4.48. The van der Waals surface area contributed by atoms with Gasteiger partial charge in [0.15, 0.2) is 0 Å². The number of nitrogens with zero attached hydrogens (tertiary/aromatic N) is 3. The number of imidazole rings is 1. The Morgan fingerprint density at radius 2 is 2.16 bits per heavy atom. The van der Waals surface area contributed by atoms with Crippen LogP contribution in [0.25, 0.3) is 11.3 Å². The Labute approximate surface area is 145 Å². The summed E-state index contributed by atoms with van der Waals surface area (Å²) in [5.74, 6) is 0.00362. The minimum Gasteiger partial charge on any atom is -0.348 e. The van der Waals surface area contributed by atoms with Gasteiger partial charge in [-0.15, -0.1) is 0 Å². The molecule has 128 valence electrons. The predicted octanol–water partition coefficient (Wildman–Crippen LogP) is 1.65. The van der Waals surface area contributed by atoms with E-state index in [4.69, 9.17) is 0 Å². The molecule has 3 aromatic rings. The monoisotopic (exact) mass is 336 g/mol. The van der Waals surface area contributed by atoms with E-state index >= 15 is 0 Å². The zero-order chi connectivity index (χ0) is 17.2. The van der Waals surface area contributed by atoms with Crippen LogP contribution in [0.15, 0.2) is 42.7 Å². The molecule has 3 heterocycles. The molecule has 1 aliphatic rings. The molecule has 0 spiro atoms. The Morgan fingerprint density at radius 1 is 1.32 bits per heavy atom. The van der Waals surface area contributed by atoms with Gasteiger partial charge in [0.05, 0.1) is 30.0 Å². The quantitative estimate of drug-likeness (QED) is 0.676. The Kier molecular flexibility index (Phi) is 4.07. The maximum atomic E-state index is 12.8. The number of fused-ring (bicyclic) bond motifs is 1. The number of nitrogens with one attached hydrogen (secondary N) is 3. The lowest BCUT2D eigenvalue weighted by atomic mass is 10.0. The van der Waals surface area contributed by atoms with E-state index in [0.29, 0.717) is 6.54 Å². The van der Waals surface area contributed by atoms with E-state index in [1.165, 1.54) is 0 Å². The molecule has 0 unspecified atom stereocenters. The molecule has 4 rings (SSSR count). The number of hydrogen-bond acceptors (Lipinski definition) is 4.